The number of hydrogen-bond donors (Lipinski definition) is 2. The van der Waals surface area contributed by atoms with Gasteiger partial charge >= 0.3 is 0 Å². The summed E-state index contributed by atoms with van der Waals surface area (Å²) < 4.78 is 29.3. The Labute approximate surface area is 194 Å². The van der Waals surface area contributed by atoms with E-state index in [9.17, 15) is 18.5 Å². The lowest BCUT2D eigenvalue weighted by Gasteiger charge is -2.43. The number of nitrogens with zero attached hydrogens (tertiary/aromatic N) is 5. The number of halogens is 2. The normalized spacial score (nSPS) is 16.1. The highest BCUT2D eigenvalue weighted by Crippen LogP contribution is 2.39. The Bertz CT molecular complexity index is 1190. The lowest BCUT2D eigenvalue weighted by atomic mass is 9.79. The van der Waals surface area contributed by atoms with Crippen LogP contribution in [0.25, 0.3) is 22.4 Å². The Morgan fingerprint density at radius 1 is 1.29 bits per heavy atom. The predicted octanol–water partition coefficient (Wildman–Crippen LogP) is 2.58. The molecule has 1 aliphatic rings. The van der Waals surface area contributed by atoms with E-state index in [0.29, 0.717) is 23.4 Å². The zero-order chi connectivity index (χ0) is 24.5. The van der Waals surface area contributed by atoms with Gasteiger partial charge in [-0.2, -0.15) is 10.0 Å². The fourth-order valence-corrected chi connectivity index (χ4v) is 4.12. The highest BCUT2D eigenvalue weighted by Gasteiger charge is 2.50. The maximum atomic E-state index is 14.4. The summed E-state index contributed by atoms with van der Waals surface area (Å²) in [6, 6.07) is 0. The molecular weight excluding hydrogens is 448 g/mol. The number of carbonyl (C=O) groups is 2. The van der Waals surface area contributed by atoms with E-state index in [1.165, 1.54) is 24.9 Å². The molecule has 2 amide bonds. The number of hydrogen-bond acceptors (Lipinski definition) is 6. The third-order valence-electron chi connectivity index (χ3n) is 6.43. The minimum atomic E-state index is -1.89. The van der Waals surface area contributed by atoms with Crippen LogP contribution in [-0.2, 0) is 16.3 Å². The minimum absolute atomic E-state index is 0.0160. The summed E-state index contributed by atoms with van der Waals surface area (Å²) in [6.07, 6.45) is 6.63. The smallest absolute Gasteiger partial charge is 0.255 e. The molecule has 0 saturated carbocycles. The van der Waals surface area contributed by atoms with E-state index < -0.39 is 17.2 Å². The zero-order valence-electron chi connectivity index (χ0n) is 19.3. The molecule has 1 fully saturated rings. The molecule has 10 nitrogen and oxygen atoms in total. The van der Waals surface area contributed by atoms with Gasteiger partial charge in [-0.05, 0) is 25.3 Å². The average molecular weight is 476 g/mol. The molecule has 0 unspecified atom stereocenters. The molecule has 2 N–H and O–H groups in total. The van der Waals surface area contributed by atoms with Crippen LogP contribution < -0.4 is 5.32 Å². The van der Waals surface area contributed by atoms with Crippen LogP contribution in [0, 0.1) is 0 Å². The number of aryl methyl sites for hydroxylation is 1. The van der Waals surface area contributed by atoms with Gasteiger partial charge in [-0.15, -0.1) is 0 Å². The van der Waals surface area contributed by atoms with E-state index >= 15 is 0 Å². The van der Waals surface area contributed by atoms with Crippen molar-refractivity contribution in [3.05, 3.63) is 30.4 Å². The van der Waals surface area contributed by atoms with Gasteiger partial charge in [-0.3, -0.25) is 14.3 Å². The Morgan fingerprint density at radius 3 is 2.65 bits per heavy atom. The first-order valence-electron chi connectivity index (χ1n) is 11.1. The van der Waals surface area contributed by atoms with Crippen LogP contribution in [0.4, 0.5) is 8.92 Å². The fraction of sp³-hybridized carbons (Fsp3) is 0.500. The maximum absolute atomic E-state index is 14.4. The van der Waals surface area contributed by atoms with Crippen molar-refractivity contribution in [3.63, 3.8) is 0 Å². The number of aromatic amines is 1. The Morgan fingerprint density at radius 2 is 2.03 bits per heavy atom. The van der Waals surface area contributed by atoms with Crippen LogP contribution in [0.1, 0.15) is 44.0 Å². The van der Waals surface area contributed by atoms with Crippen LogP contribution in [0.5, 0.6) is 0 Å². The molecule has 34 heavy (non-hydrogen) atoms. The number of carbonyl (C=O) groups excluding carboxylic acids is 2. The van der Waals surface area contributed by atoms with Crippen molar-refractivity contribution in [2.45, 2.75) is 51.4 Å². The van der Waals surface area contributed by atoms with Gasteiger partial charge in [-0.1, -0.05) is 0 Å². The van der Waals surface area contributed by atoms with Crippen LogP contribution in [0.15, 0.2) is 24.8 Å². The summed E-state index contributed by atoms with van der Waals surface area (Å²) in [6.45, 7) is 5.19. The van der Waals surface area contributed by atoms with E-state index in [1.54, 1.807) is 17.1 Å². The van der Waals surface area contributed by atoms with Crippen molar-refractivity contribution in [2.24, 2.45) is 0 Å². The molecule has 4 rings (SSSR count). The van der Waals surface area contributed by atoms with Gasteiger partial charge in [0.2, 0.25) is 5.91 Å². The number of nitrogens with one attached hydrogen (secondary N) is 2. The molecule has 0 bridgehead atoms. The van der Waals surface area contributed by atoms with Crippen LogP contribution >= 0.6 is 0 Å². The number of fused-ring (bicyclic) bond motifs is 1. The van der Waals surface area contributed by atoms with Crippen molar-refractivity contribution in [2.75, 3.05) is 19.6 Å². The number of piperidine rings is 1. The van der Waals surface area contributed by atoms with E-state index in [4.69, 9.17) is 0 Å². The first-order valence-corrected chi connectivity index (χ1v) is 11.1. The van der Waals surface area contributed by atoms with Crippen molar-refractivity contribution in [1.29, 1.82) is 0 Å². The summed E-state index contributed by atoms with van der Waals surface area (Å²) >= 11 is 0. The van der Waals surface area contributed by atoms with Crippen LogP contribution in [0.3, 0.4) is 0 Å². The molecule has 0 aromatic carbocycles. The molecule has 4 heterocycles. The topological polar surface area (TPSA) is 118 Å². The molecule has 0 aliphatic carbocycles. The molecule has 0 spiro atoms. The zero-order valence-corrected chi connectivity index (χ0v) is 19.3. The van der Waals surface area contributed by atoms with Gasteiger partial charge in [0.1, 0.15) is 16.8 Å². The summed E-state index contributed by atoms with van der Waals surface area (Å²) in [5.74, 6) is -0.838. The number of aromatic nitrogens is 5. The Balaban J connectivity index is 1.41. The molecular formula is C22H27F2N7O3. The fourth-order valence-electron chi connectivity index (χ4n) is 4.12. The monoisotopic (exact) mass is 475 g/mol. The molecule has 3 aromatic heterocycles. The first kappa shape index (κ1) is 23.7. The Hall–Kier alpha value is -3.41. The van der Waals surface area contributed by atoms with E-state index in [-0.39, 0.29) is 43.9 Å². The maximum Gasteiger partial charge on any atom is 0.255 e. The lowest BCUT2D eigenvalue weighted by molar-refractivity contribution is -0.289. The van der Waals surface area contributed by atoms with E-state index in [2.05, 4.69) is 30.3 Å². The van der Waals surface area contributed by atoms with Crippen molar-refractivity contribution < 1.29 is 23.4 Å². The van der Waals surface area contributed by atoms with Gasteiger partial charge < -0.3 is 15.2 Å². The molecule has 182 valence electrons. The second-order valence-corrected chi connectivity index (χ2v) is 8.85. The largest absolute Gasteiger partial charge is 0.344 e. The third kappa shape index (κ3) is 4.37. The lowest BCUT2D eigenvalue weighted by Crippen LogP contribution is -2.57. The minimum Gasteiger partial charge on any atom is -0.344 e. The molecule has 0 radical (unpaired) electrons. The summed E-state index contributed by atoms with van der Waals surface area (Å²) in [7, 11) is 0. The van der Waals surface area contributed by atoms with Crippen LogP contribution in [-0.4, -0.2) is 72.4 Å². The van der Waals surface area contributed by atoms with E-state index in [1.807, 2.05) is 13.1 Å². The number of likely N-dealkylation sites (tertiary alicyclic amines) is 1. The second kappa shape index (κ2) is 9.09. The SMILES string of the molecule is CCn1cc(-c2cnc3[nH]cc(C(=O)NCC(=O)N4CCC(OF)(C(C)(C)F)CC4)c3n2)cn1. The highest BCUT2D eigenvalue weighted by molar-refractivity contribution is 6.05. The number of alkyl halides is 1. The highest BCUT2D eigenvalue weighted by atomic mass is 19.3. The van der Waals surface area contributed by atoms with E-state index in [0.717, 1.165) is 5.56 Å². The second-order valence-electron chi connectivity index (χ2n) is 8.85. The summed E-state index contributed by atoms with van der Waals surface area (Å²) in [5, 5.41) is 6.83. The van der Waals surface area contributed by atoms with Gasteiger partial charge in [-0.25, -0.2) is 14.4 Å². The van der Waals surface area contributed by atoms with Gasteiger partial charge in [0.05, 0.1) is 30.2 Å². The average Bonchev–Trinajstić information content (AvgIpc) is 3.48. The molecule has 1 aliphatic heterocycles. The summed E-state index contributed by atoms with van der Waals surface area (Å²) in [5.41, 5.74) is -1.07. The number of amides is 2. The van der Waals surface area contributed by atoms with Crippen molar-refractivity contribution >= 4 is 23.0 Å². The molecule has 3 aromatic rings. The van der Waals surface area contributed by atoms with Gasteiger partial charge in [0.15, 0.2) is 5.65 Å². The van der Waals surface area contributed by atoms with Crippen molar-refractivity contribution in [3.8, 4) is 11.3 Å². The molecule has 0 atom stereocenters. The van der Waals surface area contributed by atoms with Gasteiger partial charge in [0, 0.05) is 50.4 Å². The third-order valence-corrected chi connectivity index (χ3v) is 6.43. The Kier molecular flexibility index (Phi) is 6.34. The number of rotatable bonds is 7. The van der Waals surface area contributed by atoms with Gasteiger partial charge in [0.25, 0.3) is 5.91 Å². The standard InChI is InChI=1S/C22H27F2N7O3/c1-4-31-13-14(9-28-31)16-11-26-19-18(29-16)15(10-25-19)20(33)27-12-17(32)30-7-5-22(34-24,6-8-30)21(2,3)23/h9-11,13H,4-8,12H2,1-3H3,(H,25,26)(H,27,33). The van der Waals surface area contributed by atoms with Crippen LogP contribution in [0.2, 0.25) is 0 Å². The van der Waals surface area contributed by atoms with Crippen molar-refractivity contribution in [1.82, 2.24) is 34.9 Å². The molecule has 1 saturated heterocycles. The first-order chi connectivity index (χ1) is 16.2. The molecule has 12 heteroatoms. The predicted molar refractivity (Wildman–Crippen MR) is 119 cm³/mol. The quantitative estimate of drug-likeness (QED) is 0.542. The number of H-pyrrole nitrogens is 1. The summed E-state index contributed by atoms with van der Waals surface area (Å²) in [4.78, 5) is 42.6.